The highest BCUT2D eigenvalue weighted by molar-refractivity contribution is 14.1. The molecule has 0 saturated heterocycles. The van der Waals surface area contributed by atoms with Gasteiger partial charge in [0.05, 0.1) is 12.2 Å². The zero-order chi connectivity index (χ0) is 15.9. The van der Waals surface area contributed by atoms with Crippen LogP contribution in [0.25, 0.3) is 6.08 Å². The Morgan fingerprint density at radius 2 is 1.91 bits per heavy atom. The number of aliphatic hydroxyl groups is 2. The van der Waals surface area contributed by atoms with Crippen molar-refractivity contribution in [1.82, 2.24) is 0 Å². The van der Waals surface area contributed by atoms with Crippen molar-refractivity contribution in [2.45, 2.75) is 51.7 Å². The quantitative estimate of drug-likeness (QED) is 0.535. The molecule has 1 fully saturated rings. The second-order valence-corrected chi connectivity index (χ2v) is 8.08. The number of hydrogen-bond acceptors (Lipinski definition) is 2. The Hall–Kier alpha value is -0.650. The molecule has 2 N–H and O–H groups in total. The molecular weight excluding hydrogens is 387 g/mol. The summed E-state index contributed by atoms with van der Waals surface area (Å²) >= 11 is 2.29. The van der Waals surface area contributed by atoms with Crippen LogP contribution in [0.15, 0.2) is 41.0 Å². The summed E-state index contributed by atoms with van der Waals surface area (Å²) in [6.45, 7) is 4.18. The lowest BCUT2D eigenvalue weighted by Gasteiger charge is -2.47. The van der Waals surface area contributed by atoms with Crippen molar-refractivity contribution < 1.29 is 10.2 Å². The van der Waals surface area contributed by atoms with Gasteiger partial charge in [-0.05, 0) is 84.0 Å². The van der Waals surface area contributed by atoms with Crippen molar-refractivity contribution in [1.29, 1.82) is 0 Å². The summed E-state index contributed by atoms with van der Waals surface area (Å²) in [6, 6.07) is 8.31. The summed E-state index contributed by atoms with van der Waals surface area (Å²) < 4.78 is 1.21. The van der Waals surface area contributed by atoms with Gasteiger partial charge in [0.2, 0.25) is 0 Å². The molecule has 1 aromatic carbocycles. The monoisotopic (exact) mass is 410 g/mol. The molecule has 1 aromatic rings. The average molecular weight is 410 g/mol. The fraction of sp³-hybridized carbons (Fsp3) is 0.474. The number of aliphatic hydroxyl groups excluding tert-OH is 2. The van der Waals surface area contributed by atoms with E-state index in [9.17, 15) is 10.2 Å². The number of benzene rings is 1. The molecule has 3 rings (SSSR count). The molecule has 2 aliphatic carbocycles. The lowest BCUT2D eigenvalue weighted by Crippen LogP contribution is -2.43. The molecule has 0 heterocycles. The maximum atomic E-state index is 10.7. The molecular formula is C19H23IO2. The van der Waals surface area contributed by atoms with E-state index < -0.39 is 6.10 Å². The molecule has 0 aliphatic heterocycles. The van der Waals surface area contributed by atoms with E-state index in [0.717, 1.165) is 42.4 Å². The minimum absolute atomic E-state index is 0.212. The molecule has 0 aromatic heterocycles. The molecule has 118 valence electrons. The zero-order valence-corrected chi connectivity index (χ0v) is 15.3. The predicted octanol–water partition coefficient (Wildman–Crippen LogP) is 4.31. The van der Waals surface area contributed by atoms with Crippen molar-refractivity contribution in [2.75, 3.05) is 0 Å². The lowest BCUT2D eigenvalue weighted by atomic mass is 9.60. The van der Waals surface area contributed by atoms with Gasteiger partial charge < -0.3 is 10.2 Å². The standard InChI is InChI=1S/C19H23IO2/c1-12-16-4-3-5-17(21)19(16,2)11-14(18(12)22)10-13-6-8-15(20)9-7-13/h6-10,17-18,21-22H,3-5,11H2,1-2H3/b14-10+/t17-,18?,19-/m0/s1. The Labute approximate surface area is 146 Å². The molecule has 0 amide bonds. The third kappa shape index (κ3) is 2.79. The van der Waals surface area contributed by atoms with Crippen molar-refractivity contribution >= 4 is 28.7 Å². The molecule has 0 radical (unpaired) electrons. The SMILES string of the molecule is CC1=C2CCC[C@H](O)[C@@]2(C)C/C(=C\c2ccc(I)cc2)C1O. The van der Waals surface area contributed by atoms with Crippen LogP contribution in [-0.2, 0) is 0 Å². The van der Waals surface area contributed by atoms with Crippen LogP contribution in [0.3, 0.4) is 0 Å². The third-order valence-electron chi connectivity index (χ3n) is 5.36. The number of hydrogen-bond donors (Lipinski definition) is 2. The Bertz CT molecular complexity index is 629. The van der Waals surface area contributed by atoms with Crippen LogP contribution in [0.4, 0.5) is 0 Å². The second-order valence-electron chi connectivity index (χ2n) is 6.84. The van der Waals surface area contributed by atoms with Crippen molar-refractivity contribution in [2.24, 2.45) is 5.41 Å². The molecule has 2 nitrogen and oxygen atoms in total. The predicted molar refractivity (Wildman–Crippen MR) is 98.4 cm³/mol. The molecule has 0 spiro atoms. The van der Waals surface area contributed by atoms with E-state index in [1.165, 1.54) is 9.14 Å². The molecule has 1 saturated carbocycles. The van der Waals surface area contributed by atoms with Gasteiger partial charge in [-0.25, -0.2) is 0 Å². The zero-order valence-electron chi connectivity index (χ0n) is 13.1. The highest BCUT2D eigenvalue weighted by Gasteiger charge is 2.45. The van der Waals surface area contributed by atoms with Gasteiger partial charge in [-0.3, -0.25) is 0 Å². The van der Waals surface area contributed by atoms with Gasteiger partial charge in [0.25, 0.3) is 0 Å². The van der Waals surface area contributed by atoms with Crippen LogP contribution in [0.1, 0.15) is 45.1 Å². The van der Waals surface area contributed by atoms with E-state index in [4.69, 9.17) is 0 Å². The van der Waals surface area contributed by atoms with E-state index in [2.05, 4.69) is 59.9 Å². The Balaban J connectivity index is 2.01. The summed E-state index contributed by atoms with van der Waals surface area (Å²) in [5.41, 5.74) is 4.24. The van der Waals surface area contributed by atoms with Gasteiger partial charge in [0, 0.05) is 8.99 Å². The topological polar surface area (TPSA) is 40.5 Å². The van der Waals surface area contributed by atoms with E-state index in [1.54, 1.807) is 0 Å². The van der Waals surface area contributed by atoms with Gasteiger partial charge in [-0.2, -0.15) is 0 Å². The number of fused-ring (bicyclic) bond motifs is 1. The summed E-state index contributed by atoms with van der Waals surface area (Å²) in [5, 5.41) is 21.2. The first-order chi connectivity index (χ1) is 10.4. The first-order valence-electron chi connectivity index (χ1n) is 7.94. The molecule has 1 unspecified atom stereocenters. The number of rotatable bonds is 1. The minimum Gasteiger partial charge on any atom is -0.392 e. The van der Waals surface area contributed by atoms with E-state index in [1.807, 2.05) is 6.92 Å². The van der Waals surface area contributed by atoms with Gasteiger partial charge >= 0.3 is 0 Å². The van der Waals surface area contributed by atoms with Crippen LogP contribution in [-0.4, -0.2) is 22.4 Å². The minimum atomic E-state index is -0.507. The summed E-state index contributed by atoms with van der Waals surface area (Å²) in [6.07, 6.45) is 4.91. The molecule has 0 bridgehead atoms. The molecule has 2 aliphatic rings. The van der Waals surface area contributed by atoms with Gasteiger partial charge in [0.15, 0.2) is 0 Å². The van der Waals surface area contributed by atoms with Crippen molar-refractivity contribution in [3.05, 3.63) is 50.1 Å². The van der Waals surface area contributed by atoms with Gasteiger partial charge in [-0.15, -0.1) is 0 Å². The largest absolute Gasteiger partial charge is 0.392 e. The molecule has 3 heteroatoms. The first-order valence-corrected chi connectivity index (χ1v) is 9.02. The fourth-order valence-corrected chi connectivity index (χ4v) is 4.38. The van der Waals surface area contributed by atoms with Gasteiger partial charge in [-0.1, -0.05) is 30.7 Å². The van der Waals surface area contributed by atoms with Crippen LogP contribution >= 0.6 is 22.6 Å². The highest BCUT2D eigenvalue weighted by atomic mass is 127. The summed E-state index contributed by atoms with van der Waals surface area (Å²) in [4.78, 5) is 0. The normalized spacial score (nSPS) is 34.0. The third-order valence-corrected chi connectivity index (χ3v) is 6.08. The van der Waals surface area contributed by atoms with Crippen LogP contribution in [0, 0.1) is 8.99 Å². The smallest absolute Gasteiger partial charge is 0.0964 e. The first kappa shape index (κ1) is 16.2. The maximum Gasteiger partial charge on any atom is 0.0964 e. The Kier molecular flexibility index (Phi) is 4.49. The maximum absolute atomic E-state index is 10.7. The van der Waals surface area contributed by atoms with Crippen LogP contribution < -0.4 is 0 Å². The fourth-order valence-electron chi connectivity index (χ4n) is 4.02. The summed E-state index contributed by atoms with van der Waals surface area (Å²) in [7, 11) is 0. The highest BCUT2D eigenvalue weighted by Crippen LogP contribution is 2.51. The van der Waals surface area contributed by atoms with Crippen LogP contribution in [0.2, 0.25) is 0 Å². The van der Waals surface area contributed by atoms with Crippen molar-refractivity contribution in [3.8, 4) is 0 Å². The van der Waals surface area contributed by atoms with E-state index in [0.29, 0.717) is 0 Å². The Morgan fingerprint density at radius 3 is 2.59 bits per heavy atom. The Morgan fingerprint density at radius 1 is 1.23 bits per heavy atom. The lowest BCUT2D eigenvalue weighted by molar-refractivity contribution is 0.0259. The summed E-state index contributed by atoms with van der Waals surface area (Å²) in [5.74, 6) is 0. The van der Waals surface area contributed by atoms with Crippen LogP contribution in [0.5, 0.6) is 0 Å². The van der Waals surface area contributed by atoms with Crippen molar-refractivity contribution in [3.63, 3.8) is 0 Å². The number of halogens is 1. The average Bonchev–Trinajstić information content (AvgIpc) is 2.49. The molecule has 22 heavy (non-hydrogen) atoms. The van der Waals surface area contributed by atoms with Gasteiger partial charge in [0.1, 0.15) is 0 Å². The second kappa shape index (κ2) is 6.10. The van der Waals surface area contributed by atoms with E-state index in [-0.39, 0.29) is 11.5 Å². The van der Waals surface area contributed by atoms with E-state index >= 15 is 0 Å². The molecule has 3 atom stereocenters.